The number of nitrogens with zero attached hydrogens (tertiary/aromatic N) is 3. The lowest BCUT2D eigenvalue weighted by atomic mass is 9.26. The van der Waals surface area contributed by atoms with Crippen LogP contribution in [0.15, 0.2) is 83.7 Å². The molecule has 60 heavy (non-hydrogen) atoms. The van der Waals surface area contributed by atoms with Crippen LogP contribution in [0.25, 0.3) is 0 Å². The van der Waals surface area contributed by atoms with Gasteiger partial charge in [0, 0.05) is 74.1 Å². The highest BCUT2D eigenvalue weighted by molar-refractivity contribution is 8.02. The molecule has 6 heteroatoms. The Bertz CT molecular complexity index is 1930. The summed E-state index contributed by atoms with van der Waals surface area (Å²) in [6.45, 7) is 16.7. The average Bonchev–Trinajstić information content (AvgIpc) is 3.90. The Hall–Kier alpha value is -1.50. The maximum Gasteiger partial charge on any atom is 0.200 e. The zero-order valence-corrected chi connectivity index (χ0v) is 39.7. The molecule has 0 bridgehead atoms. The average molecular weight is 842 g/mol. The molecule has 4 saturated heterocycles. The Morgan fingerprint density at radius 2 is 1.63 bits per heavy atom. The summed E-state index contributed by atoms with van der Waals surface area (Å²) in [5, 5.41) is 2.65. The van der Waals surface area contributed by atoms with E-state index in [1.54, 1.807) is 5.70 Å². The van der Waals surface area contributed by atoms with Gasteiger partial charge in [-0.2, -0.15) is 0 Å². The fourth-order valence-electron chi connectivity index (χ4n) is 17.6. The first-order valence-corrected chi connectivity index (χ1v) is 27.4. The lowest BCUT2D eigenvalue weighted by Crippen LogP contribution is -2.73. The molecule has 0 radical (unpaired) electrons. The van der Waals surface area contributed by atoms with Crippen LogP contribution in [0, 0.1) is 40.4 Å². The summed E-state index contributed by atoms with van der Waals surface area (Å²) in [7, 11) is 0. The molecule has 3 nitrogen and oxygen atoms in total. The first-order chi connectivity index (χ1) is 29.1. The molecule has 0 aromatic heterocycles. The highest BCUT2D eigenvalue weighted by Gasteiger charge is 2.72. The highest BCUT2D eigenvalue weighted by atomic mass is 32.2. The Morgan fingerprint density at radius 3 is 2.42 bits per heavy atom. The maximum absolute atomic E-state index is 3.44. The molecule has 7 aliphatic carbocycles. The standard InChI is InChI=1S/C54H76BN3S2/c1-34-31-42-48-43(32-34)58-49-40(28-27-39(52(2,3)4)47(49)54(53(58,5)6)29-16-9-17-30-54)55(48)51-44(57(42)41-25-18-24-38-37-23-14-15-26-45(37)59-50(38)41)33-46(60-51)56(35-19-10-7-11-20-35)36-21-12-8-13-22-36/h7,10,12,14-15,21-23,26-28,34-35,37-39,41-48,50-51H,8-9,11,13,16-20,24-25,29-33H2,1-6H3. The molecule has 0 aromatic rings. The number of thioether (sulfide) groups is 2. The minimum absolute atomic E-state index is 0.176. The molecule has 3 saturated carbocycles. The zero-order chi connectivity index (χ0) is 40.7. The van der Waals surface area contributed by atoms with E-state index in [-0.39, 0.29) is 11.0 Å². The largest absolute Gasteiger partial charge is 0.367 e. The summed E-state index contributed by atoms with van der Waals surface area (Å²) in [5.41, 5.74) is 6.08. The van der Waals surface area contributed by atoms with Gasteiger partial charge in [-0.05, 0) is 132 Å². The van der Waals surface area contributed by atoms with E-state index in [2.05, 4.69) is 147 Å². The molecule has 1 spiro atoms. The molecule has 7 fully saturated rings. The first-order valence-electron chi connectivity index (χ1n) is 25.5. The Labute approximate surface area is 374 Å². The molecule has 5 heterocycles. The van der Waals surface area contributed by atoms with Crippen molar-refractivity contribution in [1.82, 2.24) is 14.7 Å². The van der Waals surface area contributed by atoms with E-state index in [4.69, 9.17) is 0 Å². The van der Waals surface area contributed by atoms with Crippen molar-refractivity contribution in [3.05, 3.63) is 83.7 Å². The van der Waals surface area contributed by atoms with Gasteiger partial charge in [0.1, 0.15) is 0 Å². The van der Waals surface area contributed by atoms with Gasteiger partial charge in [0.15, 0.2) is 0 Å². The molecule has 15 unspecified atom stereocenters. The van der Waals surface area contributed by atoms with Gasteiger partial charge in [-0.3, -0.25) is 4.90 Å². The second-order valence-corrected chi connectivity index (χ2v) is 26.6. The predicted molar refractivity (Wildman–Crippen MR) is 258 cm³/mol. The third-order valence-electron chi connectivity index (χ3n) is 19.8. The van der Waals surface area contributed by atoms with Crippen molar-refractivity contribution in [1.29, 1.82) is 0 Å². The summed E-state index contributed by atoms with van der Waals surface area (Å²) in [6, 6.07) is 3.31. The van der Waals surface area contributed by atoms with E-state index in [0.29, 0.717) is 69.9 Å². The molecular formula is C54H76BN3S2. The van der Waals surface area contributed by atoms with Gasteiger partial charge in [-0.1, -0.05) is 120 Å². The summed E-state index contributed by atoms with van der Waals surface area (Å²) in [4.78, 5) is 9.77. The smallest absolute Gasteiger partial charge is 0.200 e. The third kappa shape index (κ3) is 5.78. The van der Waals surface area contributed by atoms with Crippen molar-refractivity contribution < 1.29 is 0 Å². The number of hydrogen-bond donors (Lipinski definition) is 0. The van der Waals surface area contributed by atoms with Crippen LogP contribution in [0.4, 0.5) is 0 Å². The van der Waals surface area contributed by atoms with Crippen LogP contribution in [0.5, 0.6) is 0 Å². The maximum atomic E-state index is 3.44. The van der Waals surface area contributed by atoms with E-state index in [1.165, 1.54) is 103 Å². The zero-order valence-electron chi connectivity index (χ0n) is 38.1. The monoisotopic (exact) mass is 842 g/mol. The van der Waals surface area contributed by atoms with Gasteiger partial charge in [0.05, 0.1) is 5.37 Å². The van der Waals surface area contributed by atoms with Crippen molar-refractivity contribution in [3.63, 3.8) is 0 Å². The van der Waals surface area contributed by atoms with Crippen LogP contribution in [0.2, 0.25) is 5.82 Å². The predicted octanol–water partition coefficient (Wildman–Crippen LogP) is 12.8. The van der Waals surface area contributed by atoms with Gasteiger partial charge in [-0.25, -0.2) is 0 Å². The summed E-state index contributed by atoms with van der Waals surface area (Å²) >= 11 is 4.93. The van der Waals surface area contributed by atoms with Crippen LogP contribution in [-0.4, -0.2) is 78.2 Å². The SMILES string of the molecule is CC1CC2C3B(C4=C5C(C(C(C)(C)C)C=C4)C4(CCCCC4)C(C)(C)N5C3C1)C1SC(N(C3=CCCC=C3)C3CC=CCC3)CC1N2C1CCCC2C3C=CC=CC3SC21. The van der Waals surface area contributed by atoms with Crippen LogP contribution < -0.4 is 0 Å². The molecule has 0 amide bonds. The molecule has 0 N–H and O–H groups in total. The van der Waals surface area contributed by atoms with Crippen molar-refractivity contribution in [2.75, 3.05) is 0 Å². The van der Waals surface area contributed by atoms with Gasteiger partial charge >= 0.3 is 0 Å². The number of rotatable bonds is 4. The summed E-state index contributed by atoms with van der Waals surface area (Å²) in [5.74, 6) is 4.33. The van der Waals surface area contributed by atoms with Crippen molar-refractivity contribution in [2.24, 2.45) is 40.4 Å². The fourth-order valence-corrected chi connectivity index (χ4v) is 21.6. The summed E-state index contributed by atoms with van der Waals surface area (Å²) in [6.07, 6.45) is 50.0. The molecular weight excluding hydrogens is 766 g/mol. The van der Waals surface area contributed by atoms with E-state index < -0.39 is 0 Å². The molecule has 322 valence electrons. The van der Waals surface area contributed by atoms with Crippen molar-refractivity contribution in [2.45, 2.75) is 207 Å². The third-order valence-corrected chi connectivity index (χ3v) is 23.2. The van der Waals surface area contributed by atoms with Crippen LogP contribution >= 0.6 is 23.5 Å². The van der Waals surface area contributed by atoms with E-state index in [9.17, 15) is 0 Å². The van der Waals surface area contributed by atoms with E-state index in [0.717, 1.165) is 28.8 Å². The first kappa shape index (κ1) is 40.0. The van der Waals surface area contributed by atoms with Crippen LogP contribution in [0.3, 0.4) is 0 Å². The van der Waals surface area contributed by atoms with Gasteiger partial charge < -0.3 is 9.80 Å². The van der Waals surface area contributed by atoms with Crippen molar-refractivity contribution in [3.8, 4) is 0 Å². The van der Waals surface area contributed by atoms with Gasteiger partial charge in [0.25, 0.3) is 0 Å². The number of fused-ring (bicyclic) bond motifs is 8. The topological polar surface area (TPSA) is 9.72 Å². The minimum atomic E-state index is 0.176. The second-order valence-electron chi connectivity index (χ2n) is 23.9. The van der Waals surface area contributed by atoms with E-state index in [1.807, 2.05) is 11.2 Å². The van der Waals surface area contributed by atoms with Crippen LogP contribution in [0.1, 0.15) is 144 Å². The van der Waals surface area contributed by atoms with Crippen LogP contribution in [-0.2, 0) is 0 Å². The Balaban J connectivity index is 1.03. The number of allylic oxidation sites excluding steroid dienone is 11. The Morgan fingerprint density at radius 1 is 0.800 bits per heavy atom. The normalized spacial score (nSPS) is 45.6. The lowest BCUT2D eigenvalue weighted by molar-refractivity contribution is -0.0478. The van der Waals surface area contributed by atoms with Crippen molar-refractivity contribution >= 4 is 30.2 Å². The fraction of sp³-hybridized carbons (Fsp3) is 0.741. The highest BCUT2D eigenvalue weighted by Crippen LogP contribution is 2.72. The van der Waals surface area contributed by atoms with Gasteiger partial charge in [-0.15, -0.1) is 23.5 Å². The molecule has 0 aromatic carbocycles. The molecule has 12 rings (SSSR count). The number of hydrogen-bond acceptors (Lipinski definition) is 5. The molecule has 5 aliphatic heterocycles. The quantitative estimate of drug-likeness (QED) is 0.205. The van der Waals surface area contributed by atoms with E-state index >= 15 is 0 Å². The lowest BCUT2D eigenvalue weighted by Gasteiger charge is -2.65. The molecule has 15 atom stereocenters. The Kier molecular flexibility index (Phi) is 9.86. The molecule has 12 aliphatic rings. The minimum Gasteiger partial charge on any atom is -0.367 e. The second kappa shape index (κ2) is 14.8. The van der Waals surface area contributed by atoms with Gasteiger partial charge in [0.2, 0.25) is 6.71 Å². The summed E-state index contributed by atoms with van der Waals surface area (Å²) < 4.78 is 0.